The third-order valence-corrected chi connectivity index (χ3v) is 2.90. The average molecular weight is 170 g/mol. The van der Waals surface area contributed by atoms with Gasteiger partial charge in [-0.2, -0.15) is 0 Å². The number of nitrogens with one attached hydrogen (secondary N) is 2. The van der Waals surface area contributed by atoms with Crippen LogP contribution in [0.3, 0.4) is 0 Å². The van der Waals surface area contributed by atoms with E-state index in [0.717, 1.165) is 25.9 Å². The van der Waals surface area contributed by atoms with Crippen LogP contribution in [0.5, 0.6) is 0 Å². The van der Waals surface area contributed by atoms with E-state index in [1.54, 1.807) is 0 Å². The van der Waals surface area contributed by atoms with Gasteiger partial charge in [-0.3, -0.25) is 0 Å². The van der Waals surface area contributed by atoms with Gasteiger partial charge in [0.2, 0.25) is 0 Å². The first-order valence-corrected chi connectivity index (χ1v) is 4.99. The number of hydrogen-bond acceptors (Lipinski definition) is 3. The van der Waals surface area contributed by atoms with E-state index in [4.69, 9.17) is 0 Å². The van der Waals surface area contributed by atoms with Gasteiger partial charge in [-0.1, -0.05) is 0 Å². The molecule has 1 aliphatic heterocycles. The molecule has 0 amide bonds. The van der Waals surface area contributed by atoms with Crippen LogP contribution < -0.4 is 10.6 Å². The minimum Gasteiger partial charge on any atom is -0.393 e. The maximum Gasteiger partial charge on any atom is 0.0555 e. The Kier molecular flexibility index (Phi) is 2.63. The minimum atomic E-state index is -0.0516. The molecular formula is C9H18N2O. The molecule has 12 heavy (non-hydrogen) atoms. The van der Waals surface area contributed by atoms with Crippen molar-refractivity contribution in [2.45, 2.75) is 43.9 Å². The Hall–Kier alpha value is -0.120. The molecular weight excluding hydrogens is 152 g/mol. The second-order valence-corrected chi connectivity index (χ2v) is 4.04. The van der Waals surface area contributed by atoms with E-state index in [1.807, 2.05) is 0 Å². The molecule has 2 unspecified atom stereocenters. The molecule has 2 atom stereocenters. The number of rotatable bonds is 2. The SMILES string of the molecule is OC1CCCC(NC2CNC2)C1. The molecule has 1 saturated heterocycles. The first-order chi connectivity index (χ1) is 5.84. The molecule has 0 spiro atoms. The van der Waals surface area contributed by atoms with Crippen LogP contribution in [-0.4, -0.2) is 36.4 Å². The molecule has 3 heteroatoms. The summed E-state index contributed by atoms with van der Waals surface area (Å²) in [5, 5.41) is 16.2. The van der Waals surface area contributed by atoms with Crippen molar-refractivity contribution in [3.63, 3.8) is 0 Å². The predicted octanol–water partition coefficient (Wildman–Crippen LogP) is -0.149. The Morgan fingerprint density at radius 3 is 2.58 bits per heavy atom. The molecule has 0 bridgehead atoms. The van der Waals surface area contributed by atoms with Gasteiger partial charge in [-0.05, 0) is 25.7 Å². The number of aliphatic hydroxyl groups excluding tert-OH is 1. The lowest BCUT2D eigenvalue weighted by atomic mass is 9.92. The van der Waals surface area contributed by atoms with E-state index < -0.39 is 0 Å². The summed E-state index contributed by atoms with van der Waals surface area (Å²) in [4.78, 5) is 0. The van der Waals surface area contributed by atoms with Crippen molar-refractivity contribution in [1.29, 1.82) is 0 Å². The minimum absolute atomic E-state index is 0.0516. The van der Waals surface area contributed by atoms with Crippen molar-refractivity contribution in [2.75, 3.05) is 13.1 Å². The van der Waals surface area contributed by atoms with Gasteiger partial charge in [-0.25, -0.2) is 0 Å². The normalized spacial score (nSPS) is 37.8. The van der Waals surface area contributed by atoms with Crippen LogP contribution in [0.1, 0.15) is 25.7 Å². The molecule has 1 saturated carbocycles. The molecule has 1 aliphatic carbocycles. The van der Waals surface area contributed by atoms with E-state index in [1.165, 1.54) is 12.8 Å². The molecule has 0 aromatic carbocycles. The van der Waals surface area contributed by atoms with Crippen LogP contribution >= 0.6 is 0 Å². The fourth-order valence-corrected chi connectivity index (χ4v) is 2.06. The highest BCUT2D eigenvalue weighted by Crippen LogP contribution is 2.18. The largest absolute Gasteiger partial charge is 0.393 e. The Morgan fingerprint density at radius 1 is 1.17 bits per heavy atom. The lowest BCUT2D eigenvalue weighted by molar-refractivity contribution is 0.105. The second-order valence-electron chi connectivity index (χ2n) is 4.04. The first kappa shape index (κ1) is 8.48. The summed E-state index contributed by atoms with van der Waals surface area (Å²) in [7, 11) is 0. The molecule has 3 N–H and O–H groups in total. The molecule has 0 aromatic heterocycles. The van der Waals surface area contributed by atoms with Crippen LogP contribution in [0, 0.1) is 0 Å². The van der Waals surface area contributed by atoms with Gasteiger partial charge in [0.15, 0.2) is 0 Å². The topological polar surface area (TPSA) is 44.3 Å². The van der Waals surface area contributed by atoms with Crippen molar-refractivity contribution >= 4 is 0 Å². The molecule has 2 aliphatic rings. The standard InChI is InChI=1S/C9H18N2O/c12-9-3-1-2-7(4-9)11-8-5-10-6-8/h7-12H,1-6H2. The van der Waals surface area contributed by atoms with Crippen LogP contribution in [0.15, 0.2) is 0 Å². The summed E-state index contributed by atoms with van der Waals surface area (Å²) in [6.45, 7) is 2.21. The Labute approximate surface area is 73.5 Å². The first-order valence-electron chi connectivity index (χ1n) is 4.99. The fourth-order valence-electron chi connectivity index (χ4n) is 2.06. The molecule has 0 aromatic rings. The quantitative estimate of drug-likeness (QED) is 0.540. The molecule has 1 heterocycles. The van der Waals surface area contributed by atoms with Crippen molar-refractivity contribution in [1.82, 2.24) is 10.6 Å². The monoisotopic (exact) mass is 170 g/mol. The summed E-state index contributed by atoms with van der Waals surface area (Å²) < 4.78 is 0. The van der Waals surface area contributed by atoms with Gasteiger partial charge in [0.05, 0.1) is 6.10 Å². The van der Waals surface area contributed by atoms with Crippen LogP contribution in [0.4, 0.5) is 0 Å². The van der Waals surface area contributed by atoms with Gasteiger partial charge in [0.1, 0.15) is 0 Å². The van der Waals surface area contributed by atoms with E-state index in [0.29, 0.717) is 12.1 Å². The highest BCUT2D eigenvalue weighted by molar-refractivity contribution is 4.87. The smallest absolute Gasteiger partial charge is 0.0555 e. The van der Waals surface area contributed by atoms with Gasteiger partial charge < -0.3 is 15.7 Å². The molecule has 0 radical (unpaired) electrons. The summed E-state index contributed by atoms with van der Waals surface area (Å²) in [5.41, 5.74) is 0. The van der Waals surface area contributed by atoms with Gasteiger partial charge in [0.25, 0.3) is 0 Å². The van der Waals surface area contributed by atoms with Crippen molar-refractivity contribution < 1.29 is 5.11 Å². The fraction of sp³-hybridized carbons (Fsp3) is 1.00. The zero-order valence-corrected chi connectivity index (χ0v) is 7.42. The molecule has 70 valence electrons. The Morgan fingerprint density at radius 2 is 2.00 bits per heavy atom. The molecule has 2 rings (SSSR count). The lowest BCUT2D eigenvalue weighted by Crippen LogP contribution is -2.58. The highest BCUT2D eigenvalue weighted by atomic mass is 16.3. The molecule has 2 fully saturated rings. The average Bonchev–Trinajstić information content (AvgIpc) is 1.97. The Bertz CT molecular complexity index is 147. The predicted molar refractivity (Wildman–Crippen MR) is 48.1 cm³/mol. The van der Waals surface area contributed by atoms with Crippen molar-refractivity contribution in [3.05, 3.63) is 0 Å². The summed E-state index contributed by atoms with van der Waals surface area (Å²) >= 11 is 0. The van der Waals surface area contributed by atoms with Crippen molar-refractivity contribution in [3.8, 4) is 0 Å². The zero-order chi connectivity index (χ0) is 8.39. The van der Waals surface area contributed by atoms with E-state index in [-0.39, 0.29) is 6.10 Å². The number of aliphatic hydroxyl groups is 1. The van der Waals surface area contributed by atoms with Gasteiger partial charge in [-0.15, -0.1) is 0 Å². The zero-order valence-electron chi connectivity index (χ0n) is 7.42. The van der Waals surface area contributed by atoms with E-state index in [2.05, 4.69) is 10.6 Å². The maximum atomic E-state index is 9.43. The van der Waals surface area contributed by atoms with E-state index >= 15 is 0 Å². The van der Waals surface area contributed by atoms with Crippen molar-refractivity contribution in [2.24, 2.45) is 0 Å². The van der Waals surface area contributed by atoms with Crippen LogP contribution in [0.2, 0.25) is 0 Å². The Balaban J connectivity index is 1.71. The second kappa shape index (κ2) is 3.73. The maximum absolute atomic E-state index is 9.43. The third kappa shape index (κ3) is 1.97. The van der Waals surface area contributed by atoms with Crippen LogP contribution in [-0.2, 0) is 0 Å². The molecule has 3 nitrogen and oxygen atoms in total. The highest BCUT2D eigenvalue weighted by Gasteiger charge is 2.24. The van der Waals surface area contributed by atoms with Gasteiger partial charge >= 0.3 is 0 Å². The van der Waals surface area contributed by atoms with E-state index in [9.17, 15) is 5.11 Å². The third-order valence-electron chi connectivity index (χ3n) is 2.90. The summed E-state index contributed by atoms with van der Waals surface area (Å²) in [5.74, 6) is 0. The van der Waals surface area contributed by atoms with Crippen LogP contribution in [0.25, 0.3) is 0 Å². The summed E-state index contributed by atoms with van der Waals surface area (Å²) in [6, 6.07) is 1.24. The van der Waals surface area contributed by atoms with Gasteiger partial charge in [0, 0.05) is 25.2 Å². The number of hydrogen-bond donors (Lipinski definition) is 3. The summed E-state index contributed by atoms with van der Waals surface area (Å²) in [6.07, 6.45) is 4.33. The lowest BCUT2D eigenvalue weighted by Gasteiger charge is -2.35.